The average molecular weight is 352 g/mol. The average Bonchev–Trinajstić information content (AvgIpc) is 2.55. The van der Waals surface area contributed by atoms with Gasteiger partial charge >= 0.3 is 5.97 Å². The SMILES string of the molecule is C[C@H](Sc1ccc(Cl)cc1)C(=O)OCc1ccc([N+](=O)[O-])cc1. The number of ether oxygens (including phenoxy) is 1. The lowest BCUT2D eigenvalue weighted by Gasteiger charge is -2.11. The van der Waals surface area contributed by atoms with E-state index in [-0.39, 0.29) is 23.5 Å². The number of nitrogens with zero attached hydrogens (tertiary/aromatic N) is 1. The second-order valence-electron chi connectivity index (χ2n) is 4.75. The molecule has 0 fully saturated rings. The molecule has 0 aromatic heterocycles. The molecule has 7 heteroatoms. The number of rotatable bonds is 6. The molecular formula is C16H14ClNO4S. The van der Waals surface area contributed by atoms with Gasteiger partial charge in [-0.05, 0) is 48.9 Å². The van der Waals surface area contributed by atoms with E-state index in [4.69, 9.17) is 16.3 Å². The van der Waals surface area contributed by atoms with Crippen LogP contribution < -0.4 is 0 Å². The van der Waals surface area contributed by atoms with Crippen molar-refractivity contribution in [1.29, 1.82) is 0 Å². The molecule has 0 bridgehead atoms. The first-order valence-electron chi connectivity index (χ1n) is 6.78. The molecule has 0 saturated heterocycles. The van der Waals surface area contributed by atoms with Crippen molar-refractivity contribution in [3.63, 3.8) is 0 Å². The first-order chi connectivity index (χ1) is 11.0. The lowest BCUT2D eigenvalue weighted by Crippen LogP contribution is -2.16. The van der Waals surface area contributed by atoms with Gasteiger partial charge in [0.2, 0.25) is 0 Å². The molecule has 2 aromatic rings. The van der Waals surface area contributed by atoms with E-state index < -0.39 is 4.92 Å². The lowest BCUT2D eigenvalue weighted by molar-refractivity contribution is -0.384. The number of nitro benzene ring substituents is 1. The third kappa shape index (κ3) is 5.26. The maximum absolute atomic E-state index is 12.0. The number of hydrogen-bond donors (Lipinski definition) is 0. The summed E-state index contributed by atoms with van der Waals surface area (Å²) in [5.74, 6) is -0.344. The van der Waals surface area contributed by atoms with Gasteiger partial charge in [0.15, 0.2) is 0 Å². The predicted molar refractivity (Wildman–Crippen MR) is 89.7 cm³/mol. The fourth-order valence-electron chi connectivity index (χ4n) is 1.75. The van der Waals surface area contributed by atoms with Gasteiger partial charge in [-0.1, -0.05) is 11.6 Å². The number of thioether (sulfide) groups is 1. The number of nitro groups is 1. The first-order valence-corrected chi connectivity index (χ1v) is 8.03. The standard InChI is InChI=1S/C16H14ClNO4S/c1-11(23-15-8-4-13(17)5-9-15)16(19)22-10-12-2-6-14(7-3-12)18(20)21/h2-9,11H,10H2,1H3/t11-/m0/s1. The quantitative estimate of drug-likeness (QED) is 0.332. The number of esters is 1. The van der Waals surface area contributed by atoms with Crippen LogP contribution in [0, 0.1) is 10.1 Å². The highest BCUT2D eigenvalue weighted by Crippen LogP contribution is 2.25. The Morgan fingerprint density at radius 2 is 1.83 bits per heavy atom. The monoisotopic (exact) mass is 351 g/mol. The minimum atomic E-state index is -0.472. The van der Waals surface area contributed by atoms with Crippen molar-refractivity contribution in [3.05, 3.63) is 69.2 Å². The molecular weight excluding hydrogens is 338 g/mol. The van der Waals surface area contributed by atoms with Crippen LogP contribution in [0.5, 0.6) is 0 Å². The molecule has 23 heavy (non-hydrogen) atoms. The van der Waals surface area contributed by atoms with Crippen LogP contribution in [-0.2, 0) is 16.1 Å². The molecule has 0 aliphatic heterocycles. The highest BCUT2D eigenvalue weighted by atomic mass is 35.5. The molecule has 0 spiro atoms. The lowest BCUT2D eigenvalue weighted by atomic mass is 10.2. The number of carbonyl (C=O) groups is 1. The molecule has 0 N–H and O–H groups in total. The van der Waals surface area contributed by atoms with Gasteiger partial charge in [0.1, 0.15) is 11.9 Å². The van der Waals surface area contributed by atoms with E-state index in [1.807, 2.05) is 12.1 Å². The fraction of sp³-hybridized carbons (Fsp3) is 0.188. The Kier molecular flexibility index (Phi) is 6.01. The first kappa shape index (κ1) is 17.3. The molecule has 1 atom stereocenters. The molecule has 0 amide bonds. The Morgan fingerprint density at radius 3 is 2.39 bits per heavy atom. The summed E-state index contributed by atoms with van der Waals surface area (Å²) in [5, 5.41) is 10.8. The molecule has 0 unspecified atom stereocenters. The van der Waals surface area contributed by atoms with Crippen LogP contribution >= 0.6 is 23.4 Å². The Morgan fingerprint density at radius 1 is 1.22 bits per heavy atom. The third-order valence-corrected chi connectivity index (χ3v) is 4.33. The Hall–Kier alpha value is -2.05. The van der Waals surface area contributed by atoms with E-state index in [1.54, 1.807) is 31.2 Å². The van der Waals surface area contributed by atoms with Crippen LogP contribution in [0.4, 0.5) is 5.69 Å². The molecule has 2 aromatic carbocycles. The summed E-state index contributed by atoms with van der Waals surface area (Å²) in [6.45, 7) is 1.85. The summed E-state index contributed by atoms with van der Waals surface area (Å²) in [6, 6.07) is 13.1. The maximum atomic E-state index is 12.0. The van der Waals surface area contributed by atoms with Crippen LogP contribution in [0.1, 0.15) is 12.5 Å². The number of hydrogen-bond acceptors (Lipinski definition) is 5. The van der Waals surface area contributed by atoms with E-state index in [0.717, 1.165) is 4.90 Å². The van der Waals surface area contributed by atoms with Gasteiger partial charge in [-0.15, -0.1) is 11.8 Å². The van der Waals surface area contributed by atoms with Crippen LogP contribution in [0.2, 0.25) is 5.02 Å². The van der Waals surface area contributed by atoms with Gasteiger partial charge in [-0.3, -0.25) is 14.9 Å². The summed E-state index contributed by atoms with van der Waals surface area (Å²) in [7, 11) is 0. The summed E-state index contributed by atoms with van der Waals surface area (Å²) in [5.41, 5.74) is 0.708. The molecule has 2 rings (SSSR count). The van der Waals surface area contributed by atoms with Gasteiger partial charge in [-0.2, -0.15) is 0 Å². The van der Waals surface area contributed by atoms with Gasteiger partial charge in [0, 0.05) is 22.1 Å². The predicted octanol–water partition coefficient (Wildman–Crippen LogP) is 4.47. The Labute approximate surface area is 142 Å². The number of halogens is 1. The normalized spacial score (nSPS) is 11.7. The molecule has 120 valence electrons. The van der Waals surface area contributed by atoms with Gasteiger partial charge in [-0.25, -0.2) is 0 Å². The molecule has 0 saturated carbocycles. The second-order valence-corrected chi connectivity index (χ2v) is 6.60. The summed E-state index contributed by atoms with van der Waals surface area (Å²) < 4.78 is 5.23. The largest absolute Gasteiger partial charge is 0.460 e. The number of non-ortho nitro benzene ring substituents is 1. The molecule has 5 nitrogen and oxygen atoms in total. The van der Waals surface area contributed by atoms with Gasteiger partial charge in [0.25, 0.3) is 5.69 Å². The highest BCUT2D eigenvalue weighted by molar-refractivity contribution is 8.00. The number of benzene rings is 2. The Bertz CT molecular complexity index is 688. The molecule has 0 radical (unpaired) electrons. The van der Waals surface area contributed by atoms with E-state index >= 15 is 0 Å². The maximum Gasteiger partial charge on any atom is 0.319 e. The zero-order valence-electron chi connectivity index (χ0n) is 12.3. The highest BCUT2D eigenvalue weighted by Gasteiger charge is 2.16. The van der Waals surface area contributed by atoms with Crippen LogP contribution in [0.15, 0.2) is 53.4 Å². The summed E-state index contributed by atoms with van der Waals surface area (Å²) in [6.07, 6.45) is 0. The van der Waals surface area contributed by atoms with Crippen LogP contribution in [0.25, 0.3) is 0 Å². The van der Waals surface area contributed by atoms with Crippen molar-refractivity contribution in [1.82, 2.24) is 0 Å². The topological polar surface area (TPSA) is 69.4 Å². The van der Waals surface area contributed by atoms with Crippen LogP contribution in [-0.4, -0.2) is 16.1 Å². The van der Waals surface area contributed by atoms with E-state index in [2.05, 4.69) is 0 Å². The zero-order chi connectivity index (χ0) is 16.8. The van der Waals surface area contributed by atoms with E-state index in [1.165, 1.54) is 23.9 Å². The third-order valence-electron chi connectivity index (χ3n) is 2.99. The minimum absolute atomic E-state index is 0.00624. The summed E-state index contributed by atoms with van der Waals surface area (Å²) >= 11 is 7.20. The van der Waals surface area contributed by atoms with Gasteiger partial charge in [0.05, 0.1) is 4.92 Å². The molecule has 0 aliphatic rings. The molecule has 0 heterocycles. The van der Waals surface area contributed by atoms with E-state index in [9.17, 15) is 14.9 Å². The minimum Gasteiger partial charge on any atom is -0.460 e. The van der Waals surface area contributed by atoms with Crippen LogP contribution in [0.3, 0.4) is 0 Å². The van der Waals surface area contributed by atoms with Crippen molar-refractivity contribution in [2.45, 2.75) is 23.7 Å². The van der Waals surface area contributed by atoms with Crippen molar-refractivity contribution in [2.24, 2.45) is 0 Å². The zero-order valence-corrected chi connectivity index (χ0v) is 13.8. The second kappa shape index (κ2) is 7.99. The summed E-state index contributed by atoms with van der Waals surface area (Å²) in [4.78, 5) is 23.0. The van der Waals surface area contributed by atoms with Crippen molar-refractivity contribution in [2.75, 3.05) is 0 Å². The van der Waals surface area contributed by atoms with Crippen molar-refractivity contribution in [3.8, 4) is 0 Å². The smallest absolute Gasteiger partial charge is 0.319 e. The van der Waals surface area contributed by atoms with Gasteiger partial charge < -0.3 is 4.74 Å². The molecule has 0 aliphatic carbocycles. The van der Waals surface area contributed by atoms with Crippen molar-refractivity contribution < 1.29 is 14.5 Å². The van der Waals surface area contributed by atoms with E-state index in [0.29, 0.717) is 10.6 Å². The number of carbonyl (C=O) groups excluding carboxylic acids is 1. The fourth-order valence-corrected chi connectivity index (χ4v) is 2.74. The van der Waals surface area contributed by atoms with Crippen molar-refractivity contribution >= 4 is 35.0 Å². The Balaban J connectivity index is 1.86.